The van der Waals surface area contributed by atoms with E-state index in [2.05, 4.69) is 16.3 Å². The van der Waals surface area contributed by atoms with Crippen LogP contribution in [0.2, 0.25) is 0 Å². The molecule has 0 saturated carbocycles. The van der Waals surface area contributed by atoms with Gasteiger partial charge >= 0.3 is 0 Å². The fourth-order valence-electron chi connectivity index (χ4n) is 4.71. The van der Waals surface area contributed by atoms with Crippen LogP contribution in [0.25, 0.3) is 0 Å². The van der Waals surface area contributed by atoms with Gasteiger partial charge in [-0.15, -0.1) is 0 Å². The van der Waals surface area contributed by atoms with Crippen molar-refractivity contribution in [3.05, 3.63) is 34.9 Å². The van der Waals surface area contributed by atoms with Crippen LogP contribution in [-0.4, -0.2) is 53.2 Å². The highest BCUT2D eigenvalue weighted by Crippen LogP contribution is 2.31. The Morgan fingerprint density at radius 1 is 1.11 bits per heavy atom. The normalized spacial score (nSPS) is 23.8. The number of rotatable bonds is 5. The Balaban J connectivity index is 1.46. The number of likely N-dealkylation sites (tertiary alicyclic amines) is 1. The Morgan fingerprint density at radius 2 is 1.89 bits per heavy atom. The van der Waals surface area contributed by atoms with Crippen LogP contribution < -0.4 is 11.1 Å². The molecule has 7 heteroatoms. The van der Waals surface area contributed by atoms with E-state index in [1.807, 2.05) is 12.1 Å². The first kappa shape index (κ1) is 19.1. The van der Waals surface area contributed by atoms with E-state index < -0.39 is 6.04 Å². The predicted molar refractivity (Wildman–Crippen MR) is 104 cm³/mol. The molecule has 3 heterocycles. The molecule has 2 fully saturated rings. The van der Waals surface area contributed by atoms with Crippen molar-refractivity contribution < 1.29 is 14.4 Å². The average Bonchev–Trinajstić information content (AvgIpc) is 3.01. The van der Waals surface area contributed by atoms with Crippen LogP contribution in [0.3, 0.4) is 0 Å². The van der Waals surface area contributed by atoms with Gasteiger partial charge in [0, 0.05) is 25.1 Å². The lowest BCUT2D eigenvalue weighted by atomic mass is 9.93. The molecule has 0 aliphatic carbocycles. The number of carbonyl (C=O) groups is 3. The molecule has 1 aromatic carbocycles. The molecule has 3 aliphatic heterocycles. The van der Waals surface area contributed by atoms with Crippen molar-refractivity contribution in [1.29, 1.82) is 0 Å². The average molecular weight is 384 g/mol. The van der Waals surface area contributed by atoms with Gasteiger partial charge in [-0.3, -0.25) is 24.6 Å². The van der Waals surface area contributed by atoms with E-state index >= 15 is 0 Å². The summed E-state index contributed by atoms with van der Waals surface area (Å²) in [6.07, 6.45) is 4.13. The number of benzene rings is 1. The smallest absolute Gasteiger partial charge is 0.255 e. The fraction of sp³-hybridized carbons (Fsp3) is 0.571. The summed E-state index contributed by atoms with van der Waals surface area (Å²) in [6.45, 7) is 4.14. The standard InChI is InChI=1S/C21H28N4O3/c22-9-6-14-7-10-24(11-8-14)12-15-2-1-3-16-17(15)13-25(21(16)28)18-4-5-19(26)23-20(18)27/h1-3,14,18H,4-13,22H2,(H,23,26,27). The third-order valence-corrected chi connectivity index (χ3v) is 6.36. The molecule has 3 N–H and O–H groups in total. The largest absolute Gasteiger partial charge is 0.330 e. The summed E-state index contributed by atoms with van der Waals surface area (Å²) in [7, 11) is 0. The number of carbonyl (C=O) groups excluding carboxylic acids is 3. The van der Waals surface area contributed by atoms with Gasteiger partial charge in [0.05, 0.1) is 0 Å². The fourth-order valence-corrected chi connectivity index (χ4v) is 4.71. The Labute approximate surface area is 165 Å². The summed E-state index contributed by atoms with van der Waals surface area (Å²) in [5.41, 5.74) is 8.58. The minimum Gasteiger partial charge on any atom is -0.330 e. The van der Waals surface area contributed by atoms with Gasteiger partial charge in [0.2, 0.25) is 11.8 Å². The van der Waals surface area contributed by atoms with Gasteiger partial charge in [0.25, 0.3) is 5.91 Å². The summed E-state index contributed by atoms with van der Waals surface area (Å²) in [4.78, 5) is 40.6. The molecule has 150 valence electrons. The summed E-state index contributed by atoms with van der Waals surface area (Å²) in [5, 5.41) is 2.36. The maximum Gasteiger partial charge on any atom is 0.255 e. The number of fused-ring (bicyclic) bond motifs is 1. The highest BCUT2D eigenvalue weighted by Gasteiger charge is 2.39. The monoisotopic (exact) mass is 384 g/mol. The number of amides is 3. The van der Waals surface area contributed by atoms with Gasteiger partial charge in [-0.1, -0.05) is 12.1 Å². The molecule has 3 amide bonds. The number of nitrogens with one attached hydrogen (secondary N) is 1. The SMILES string of the molecule is NCCC1CCN(Cc2cccc3c2CN(C2CCC(=O)NC2=O)C3=O)CC1. The molecular formula is C21H28N4O3. The minimum absolute atomic E-state index is 0.104. The van der Waals surface area contributed by atoms with Crippen molar-refractivity contribution >= 4 is 17.7 Å². The summed E-state index contributed by atoms with van der Waals surface area (Å²) in [5.74, 6) is 0.00500. The predicted octanol–water partition coefficient (Wildman–Crippen LogP) is 1.01. The van der Waals surface area contributed by atoms with E-state index in [0.29, 0.717) is 18.5 Å². The van der Waals surface area contributed by atoms with E-state index in [9.17, 15) is 14.4 Å². The first-order valence-corrected chi connectivity index (χ1v) is 10.2. The van der Waals surface area contributed by atoms with E-state index in [4.69, 9.17) is 5.73 Å². The molecule has 3 aliphatic rings. The summed E-state index contributed by atoms with van der Waals surface area (Å²) in [6, 6.07) is 5.31. The first-order chi connectivity index (χ1) is 13.6. The lowest BCUT2D eigenvalue weighted by molar-refractivity contribution is -0.136. The van der Waals surface area contributed by atoms with E-state index in [0.717, 1.165) is 49.6 Å². The number of hydrogen-bond donors (Lipinski definition) is 2. The molecular weight excluding hydrogens is 356 g/mol. The van der Waals surface area contributed by atoms with Crippen LogP contribution in [0.5, 0.6) is 0 Å². The van der Waals surface area contributed by atoms with Gasteiger partial charge in [0.1, 0.15) is 6.04 Å². The van der Waals surface area contributed by atoms with E-state index in [1.54, 1.807) is 4.90 Å². The zero-order valence-electron chi connectivity index (χ0n) is 16.2. The van der Waals surface area contributed by atoms with E-state index in [-0.39, 0.29) is 24.1 Å². The van der Waals surface area contributed by atoms with Crippen molar-refractivity contribution in [1.82, 2.24) is 15.1 Å². The van der Waals surface area contributed by atoms with Gasteiger partial charge in [-0.05, 0) is 68.4 Å². The van der Waals surface area contributed by atoms with Gasteiger partial charge in [-0.2, -0.15) is 0 Å². The summed E-state index contributed by atoms with van der Waals surface area (Å²) < 4.78 is 0. The van der Waals surface area contributed by atoms with Crippen LogP contribution in [0.15, 0.2) is 18.2 Å². The molecule has 7 nitrogen and oxygen atoms in total. The highest BCUT2D eigenvalue weighted by molar-refractivity contribution is 6.05. The Morgan fingerprint density at radius 3 is 2.61 bits per heavy atom. The quantitative estimate of drug-likeness (QED) is 0.739. The number of nitrogens with zero attached hydrogens (tertiary/aromatic N) is 2. The molecule has 4 rings (SSSR count). The summed E-state index contributed by atoms with van der Waals surface area (Å²) >= 11 is 0. The molecule has 0 bridgehead atoms. The maximum atomic E-state index is 12.9. The van der Waals surface area contributed by atoms with Crippen molar-refractivity contribution in [3.8, 4) is 0 Å². The van der Waals surface area contributed by atoms with Crippen LogP contribution in [-0.2, 0) is 22.7 Å². The van der Waals surface area contributed by atoms with Gasteiger partial charge in [0.15, 0.2) is 0 Å². The Bertz CT molecular complexity index is 786. The molecule has 1 atom stereocenters. The second-order valence-electron chi connectivity index (χ2n) is 8.14. The lowest BCUT2D eigenvalue weighted by Crippen LogP contribution is -2.52. The Kier molecular flexibility index (Phi) is 5.46. The topological polar surface area (TPSA) is 95.7 Å². The number of imide groups is 1. The van der Waals surface area contributed by atoms with Crippen molar-refractivity contribution in [2.75, 3.05) is 19.6 Å². The molecule has 1 unspecified atom stereocenters. The minimum atomic E-state index is -0.558. The molecule has 0 aromatic heterocycles. The van der Waals surface area contributed by atoms with Crippen LogP contribution in [0.4, 0.5) is 0 Å². The maximum absolute atomic E-state index is 12.9. The highest BCUT2D eigenvalue weighted by atomic mass is 16.2. The molecule has 0 spiro atoms. The van der Waals surface area contributed by atoms with E-state index in [1.165, 1.54) is 12.8 Å². The third-order valence-electron chi connectivity index (χ3n) is 6.36. The number of nitrogens with two attached hydrogens (primary N) is 1. The number of piperidine rings is 2. The molecule has 2 saturated heterocycles. The lowest BCUT2D eigenvalue weighted by Gasteiger charge is -2.32. The third kappa shape index (κ3) is 3.69. The van der Waals surface area contributed by atoms with Crippen molar-refractivity contribution in [2.45, 2.75) is 51.2 Å². The first-order valence-electron chi connectivity index (χ1n) is 10.2. The number of hydrogen-bond acceptors (Lipinski definition) is 5. The van der Waals surface area contributed by atoms with Crippen molar-refractivity contribution in [3.63, 3.8) is 0 Å². The second-order valence-corrected chi connectivity index (χ2v) is 8.14. The van der Waals surface area contributed by atoms with Crippen LogP contribution in [0, 0.1) is 5.92 Å². The second kappa shape index (κ2) is 8.01. The molecule has 28 heavy (non-hydrogen) atoms. The zero-order valence-corrected chi connectivity index (χ0v) is 16.2. The van der Waals surface area contributed by atoms with Gasteiger partial charge < -0.3 is 10.6 Å². The van der Waals surface area contributed by atoms with Crippen LogP contribution >= 0.6 is 0 Å². The van der Waals surface area contributed by atoms with Crippen molar-refractivity contribution in [2.24, 2.45) is 11.7 Å². The van der Waals surface area contributed by atoms with Crippen LogP contribution in [0.1, 0.15) is 53.6 Å². The molecule has 0 radical (unpaired) electrons. The zero-order chi connectivity index (χ0) is 19.7. The Hall–Kier alpha value is -2.25. The molecule has 1 aromatic rings. The van der Waals surface area contributed by atoms with Gasteiger partial charge in [-0.25, -0.2) is 0 Å².